The molecule has 2 amide bonds. The van der Waals surface area contributed by atoms with Crippen LogP contribution in [0.5, 0.6) is 5.75 Å². The maximum Gasteiger partial charge on any atom is 0.253 e. The highest BCUT2D eigenvalue weighted by Crippen LogP contribution is 2.39. The van der Waals surface area contributed by atoms with Crippen LogP contribution in [-0.4, -0.2) is 100 Å². The van der Waals surface area contributed by atoms with Gasteiger partial charge in [0.1, 0.15) is 5.75 Å². The van der Waals surface area contributed by atoms with Crippen LogP contribution in [0.4, 0.5) is 40.2 Å². The first kappa shape index (κ1) is 30.6. The monoisotopic (exact) mass is 601 g/mol. The Hall–Kier alpha value is -4.88. The van der Waals surface area contributed by atoms with Gasteiger partial charge in [0.05, 0.1) is 60.5 Å². The van der Waals surface area contributed by atoms with Gasteiger partial charge in [-0.05, 0) is 31.3 Å². The van der Waals surface area contributed by atoms with E-state index in [1.165, 1.54) is 6.08 Å². The smallest absolute Gasteiger partial charge is 0.253 e. The standard InChI is InChI=1S/C31H39N9O4/c1-5-28(41)34-23-18-24(27(43-4)19-25(23)39-12-10-38(3)11-13-39)36-31-33-20-26(40-14-16-44-17-15-40)29(37-31)35-22-9-7-6-8-21(22)30(42)32-2/h5-9,18-20H,1,10-17H2,2-4H3,(H,32,42)(H,34,41)(H2,33,35,36,37). The molecule has 5 rings (SSSR count). The molecular weight excluding hydrogens is 562 g/mol. The quantitative estimate of drug-likeness (QED) is 0.255. The molecule has 0 spiro atoms. The summed E-state index contributed by atoms with van der Waals surface area (Å²) in [5.74, 6) is 0.856. The Bertz CT molecular complexity index is 1500. The molecular formula is C31H39N9O4. The van der Waals surface area contributed by atoms with Crippen LogP contribution in [0.3, 0.4) is 0 Å². The number of rotatable bonds is 10. The first-order valence-corrected chi connectivity index (χ1v) is 14.5. The Labute approximate surface area is 257 Å². The molecule has 2 aliphatic rings. The minimum absolute atomic E-state index is 0.215. The van der Waals surface area contributed by atoms with Crippen LogP contribution in [0.1, 0.15) is 10.4 Å². The number of anilines is 7. The number of para-hydroxylation sites is 1. The van der Waals surface area contributed by atoms with Crippen molar-refractivity contribution in [2.24, 2.45) is 0 Å². The molecule has 4 N–H and O–H groups in total. The minimum atomic E-state index is -0.316. The second-order valence-corrected chi connectivity index (χ2v) is 10.5. The van der Waals surface area contributed by atoms with E-state index >= 15 is 0 Å². The maximum absolute atomic E-state index is 12.6. The number of carbonyl (C=O) groups is 2. The van der Waals surface area contributed by atoms with Crippen LogP contribution in [0, 0.1) is 0 Å². The maximum atomic E-state index is 12.6. The molecule has 1 aromatic heterocycles. The molecule has 0 unspecified atom stereocenters. The van der Waals surface area contributed by atoms with Gasteiger partial charge in [0.25, 0.3) is 5.91 Å². The Morgan fingerprint density at radius 2 is 1.68 bits per heavy atom. The van der Waals surface area contributed by atoms with Crippen LogP contribution in [0.25, 0.3) is 0 Å². The lowest BCUT2D eigenvalue weighted by Gasteiger charge is -2.35. The van der Waals surface area contributed by atoms with Crippen LogP contribution in [0.15, 0.2) is 55.3 Å². The molecule has 2 saturated heterocycles. The van der Waals surface area contributed by atoms with Crippen molar-refractivity contribution in [3.05, 3.63) is 60.8 Å². The Morgan fingerprint density at radius 3 is 2.39 bits per heavy atom. The number of piperazine rings is 1. The van der Waals surface area contributed by atoms with E-state index in [0.717, 1.165) is 37.6 Å². The van der Waals surface area contributed by atoms with Crippen molar-refractivity contribution >= 4 is 52.0 Å². The van der Waals surface area contributed by atoms with Gasteiger partial charge in [0.2, 0.25) is 11.9 Å². The number of nitrogens with zero attached hydrogens (tertiary/aromatic N) is 5. The predicted molar refractivity (Wildman–Crippen MR) is 173 cm³/mol. The van der Waals surface area contributed by atoms with E-state index in [2.05, 4.69) is 54.6 Å². The topological polar surface area (TPSA) is 136 Å². The zero-order valence-electron chi connectivity index (χ0n) is 25.4. The Kier molecular flexibility index (Phi) is 9.77. The van der Waals surface area contributed by atoms with Gasteiger partial charge in [-0.2, -0.15) is 4.98 Å². The van der Waals surface area contributed by atoms with Crippen molar-refractivity contribution in [1.82, 2.24) is 20.2 Å². The van der Waals surface area contributed by atoms with Gasteiger partial charge in [-0.15, -0.1) is 0 Å². The summed E-state index contributed by atoms with van der Waals surface area (Å²) in [6.07, 6.45) is 2.99. The molecule has 13 nitrogen and oxygen atoms in total. The van der Waals surface area contributed by atoms with Gasteiger partial charge >= 0.3 is 0 Å². The molecule has 0 radical (unpaired) electrons. The number of hydrogen-bond acceptors (Lipinski definition) is 11. The number of nitrogens with one attached hydrogen (secondary N) is 4. The number of likely N-dealkylation sites (N-methyl/N-ethyl adjacent to an activating group) is 1. The summed E-state index contributed by atoms with van der Waals surface area (Å²) < 4.78 is 11.3. The van der Waals surface area contributed by atoms with Crippen LogP contribution in [-0.2, 0) is 9.53 Å². The number of amides is 2. The number of carbonyl (C=O) groups excluding carboxylic acids is 2. The van der Waals surface area contributed by atoms with Crippen LogP contribution >= 0.6 is 0 Å². The third kappa shape index (κ3) is 7.01. The average Bonchev–Trinajstić information content (AvgIpc) is 3.05. The number of ether oxygens (including phenoxy) is 2. The van der Waals surface area contributed by atoms with E-state index in [0.29, 0.717) is 66.4 Å². The fourth-order valence-electron chi connectivity index (χ4n) is 5.16. The molecule has 0 bridgehead atoms. The number of hydrogen-bond donors (Lipinski definition) is 4. The summed E-state index contributed by atoms with van der Waals surface area (Å²) in [4.78, 5) is 41.1. The predicted octanol–water partition coefficient (Wildman–Crippen LogP) is 3.04. The number of aromatic nitrogens is 2. The molecule has 0 saturated carbocycles. The first-order valence-electron chi connectivity index (χ1n) is 14.5. The molecule has 3 heterocycles. The summed E-state index contributed by atoms with van der Waals surface area (Å²) in [6.45, 7) is 9.56. The van der Waals surface area contributed by atoms with Crippen molar-refractivity contribution < 1.29 is 19.1 Å². The number of benzene rings is 2. The molecule has 3 aromatic rings. The molecule has 232 valence electrons. The van der Waals surface area contributed by atoms with Gasteiger partial charge in [0.15, 0.2) is 5.82 Å². The lowest BCUT2D eigenvalue weighted by molar-refractivity contribution is -0.111. The van der Waals surface area contributed by atoms with Crippen LogP contribution < -0.4 is 35.8 Å². The largest absolute Gasteiger partial charge is 0.494 e. The van der Waals surface area contributed by atoms with E-state index in [1.807, 2.05) is 30.3 Å². The van der Waals surface area contributed by atoms with Crippen molar-refractivity contribution in [1.29, 1.82) is 0 Å². The molecule has 13 heteroatoms. The van der Waals surface area contributed by atoms with Gasteiger partial charge in [-0.25, -0.2) is 4.98 Å². The summed E-state index contributed by atoms with van der Waals surface area (Å²) >= 11 is 0. The van der Waals surface area contributed by atoms with Crippen molar-refractivity contribution in [3.8, 4) is 5.75 Å². The summed E-state index contributed by atoms with van der Waals surface area (Å²) in [5, 5.41) is 12.3. The molecule has 2 aliphatic heterocycles. The van der Waals surface area contributed by atoms with E-state index < -0.39 is 0 Å². The highest BCUT2D eigenvalue weighted by atomic mass is 16.5. The molecule has 44 heavy (non-hydrogen) atoms. The highest BCUT2D eigenvalue weighted by Gasteiger charge is 2.23. The Balaban J connectivity index is 1.52. The van der Waals surface area contributed by atoms with Gasteiger partial charge in [0, 0.05) is 52.4 Å². The van der Waals surface area contributed by atoms with E-state index in [4.69, 9.17) is 14.5 Å². The van der Waals surface area contributed by atoms with Crippen molar-refractivity contribution in [2.45, 2.75) is 0 Å². The minimum Gasteiger partial charge on any atom is -0.494 e. The zero-order valence-corrected chi connectivity index (χ0v) is 25.4. The van der Waals surface area contributed by atoms with Crippen molar-refractivity contribution in [2.75, 3.05) is 99.4 Å². The summed E-state index contributed by atoms with van der Waals surface area (Å²) in [6, 6.07) is 11.0. The summed E-state index contributed by atoms with van der Waals surface area (Å²) in [5.41, 5.74) is 3.91. The SMILES string of the molecule is C=CC(=O)Nc1cc(Nc2ncc(N3CCOCC3)c(Nc3ccccc3C(=O)NC)n2)c(OC)cc1N1CCN(C)CC1. The fourth-order valence-corrected chi connectivity index (χ4v) is 5.16. The second kappa shape index (κ2) is 14.1. The lowest BCUT2D eigenvalue weighted by atomic mass is 10.1. The zero-order chi connectivity index (χ0) is 31.1. The fraction of sp³-hybridized carbons (Fsp3) is 0.355. The van der Waals surface area contributed by atoms with Gasteiger partial charge < -0.3 is 45.4 Å². The number of methoxy groups -OCH3 is 1. The average molecular weight is 602 g/mol. The normalized spacial score (nSPS) is 15.3. The Morgan fingerprint density at radius 1 is 0.955 bits per heavy atom. The van der Waals surface area contributed by atoms with Crippen molar-refractivity contribution in [3.63, 3.8) is 0 Å². The molecule has 2 aromatic carbocycles. The second-order valence-electron chi connectivity index (χ2n) is 10.5. The first-order chi connectivity index (χ1) is 21.4. The third-order valence-electron chi connectivity index (χ3n) is 7.62. The van der Waals surface area contributed by atoms with E-state index in [-0.39, 0.29) is 11.8 Å². The molecule has 0 aliphatic carbocycles. The summed E-state index contributed by atoms with van der Waals surface area (Å²) in [7, 11) is 5.29. The van der Waals surface area contributed by atoms with E-state index in [1.54, 1.807) is 26.4 Å². The molecule has 2 fully saturated rings. The van der Waals surface area contributed by atoms with Crippen LogP contribution in [0.2, 0.25) is 0 Å². The lowest BCUT2D eigenvalue weighted by Crippen LogP contribution is -2.44. The van der Waals surface area contributed by atoms with Gasteiger partial charge in [-0.3, -0.25) is 9.59 Å². The third-order valence-corrected chi connectivity index (χ3v) is 7.62. The van der Waals surface area contributed by atoms with Gasteiger partial charge in [-0.1, -0.05) is 18.7 Å². The highest BCUT2D eigenvalue weighted by molar-refractivity contribution is 6.02. The number of morpholine rings is 1. The molecule has 0 atom stereocenters. The van der Waals surface area contributed by atoms with E-state index in [9.17, 15) is 9.59 Å².